The van der Waals surface area contributed by atoms with Gasteiger partial charge in [-0.1, -0.05) is 0 Å². The molecule has 1 N–H and O–H groups in total. The van der Waals surface area contributed by atoms with Gasteiger partial charge in [0.2, 0.25) is 5.91 Å². The lowest BCUT2D eigenvalue weighted by molar-refractivity contribution is -0.126. The Hall–Kier alpha value is -0.620. The highest BCUT2D eigenvalue weighted by molar-refractivity contribution is 7.85. The van der Waals surface area contributed by atoms with Gasteiger partial charge in [-0.3, -0.25) is 9.35 Å². The van der Waals surface area contributed by atoms with Crippen molar-refractivity contribution in [2.24, 2.45) is 0 Å². The zero-order valence-corrected chi connectivity index (χ0v) is 7.84. The second-order valence-corrected chi connectivity index (χ2v) is 3.61. The molecule has 68 valence electrons. The second-order valence-electron chi connectivity index (χ2n) is 2.15. The third-order valence-electron chi connectivity index (χ3n) is 0.630. The molecule has 0 saturated carbocycles. The van der Waals surface area contributed by atoms with E-state index in [9.17, 15) is 13.2 Å². The first-order chi connectivity index (χ1) is 4.64. The summed E-state index contributed by atoms with van der Waals surface area (Å²) < 4.78 is 25.9. The molecule has 0 spiro atoms. The quantitative estimate of drug-likeness (QED) is 0.518. The van der Waals surface area contributed by atoms with Gasteiger partial charge in [0.25, 0.3) is 10.1 Å². The Morgan fingerprint density at radius 2 is 1.45 bits per heavy atom. The van der Waals surface area contributed by atoms with E-state index in [0.29, 0.717) is 6.26 Å². The third kappa shape index (κ3) is 44.7. The molecular weight excluding hydrogens is 170 g/mol. The lowest BCUT2D eigenvalue weighted by Crippen LogP contribution is -2.17. The van der Waals surface area contributed by atoms with Crippen LogP contribution in [-0.2, 0) is 14.9 Å². The van der Waals surface area contributed by atoms with E-state index in [1.165, 1.54) is 11.8 Å². The zero-order chi connectivity index (χ0) is 9.65. The van der Waals surface area contributed by atoms with Gasteiger partial charge in [0.05, 0.1) is 6.26 Å². The SMILES string of the molecule is CC(=O)N(C)C.CS(=O)(=O)O. The summed E-state index contributed by atoms with van der Waals surface area (Å²) >= 11 is 0. The monoisotopic (exact) mass is 183 g/mol. The van der Waals surface area contributed by atoms with Crippen LogP contribution in [0.15, 0.2) is 0 Å². The van der Waals surface area contributed by atoms with Gasteiger partial charge >= 0.3 is 0 Å². The summed E-state index contributed by atoms with van der Waals surface area (Å²) in [6, 6.07) is 0. The molecule has 0 aromatic heterocycles. The molecule has 0 saturated heterocycles. The van der Waals surface area contributed by atoms with Crippen molar-refractivity contribution in [2.75, 3.05) is 20.4 Å². The molecule has 0 aromatic rings. The molecule has 0 heterocycles. The van der Waals surface area contributed by atoms with Crippen molar-refractivity contribution >= 4 is 16.0 Å². The van der Waals surface area contributed by atoms with E-state index in [2.05, 4.69) is 0 Å². The van der Waals surface area contributed by atoms with Crippen molar-refractivity contribution < 1.29 is 17.8 Å². The Morgan fingerprint density at radius 1 is 1.36 bits per heavy atom. The maximum atomic E-state index is 10.1. The van der Waals surface area contributed by atoms with Crippen LogP contribution in [0.1, 0.15) is 6.92 Å². The zero-order valence-electron chi connectivity index (χ0n) is 7.03. The Kier molecular flexibility index (Phi) is 6.01. The lowest BCUT2D eigenvalue weighted by atomic mass is 10.7. The molecule has 0 atom stereocenters. The number of amides is 1. The largest absolute Gasteiger partial charge is 0.349 e. The van der Waals surface area contributed by atoms with Gasteiger partial charge in [0, 0.05) is 21.0 Å². The molecule has 11 heavy (non-hydrogen) atoms. The Bertz CT molecular complexity index is 199. The van der Waals surface area contributed by atoms with Gasteiger partial charge in [-0.05, 0) is 0 Å². The smallest absolute Gasteiger partial charge is 0.261 e. The molecular formula is C5H13NO4S. The van der Waals surface area contributed by atoms with E-state index < -0.39 is 10.1 Å². The molecule has 0 bridgehead atoms. The fraction of sp³-hybridized carbons (Fsp3) is 0.800. The van der Waals surface area contributed by atoms with E-state index >= 15 is 0 Å². The van der Waals surface area contributed by atoms with Crippen LogP contribution in [0.4, 0.5) is 0 Å². The van der Waals surface area contributed by atoms with E-state index in [4.69, 9.17) is 4.55 Å². The minimum absolute atomic E-state index is 0.0926. The molecule has 0 aromatic carbocycles. The van der Waals surface area contributed by atoms with Crippen molar-refractivity contribution in [3.05, 3.63) is 0 Å². The molecule has 0 fully saturated rings. The highest BCUT2D eigenvalue weighted by Gasteiger charge is 1.87. The first-order valence-electron chi connectivity index (χ1n) is 2.75. The first-order valence-corrected chi connectivity index (χ1v) is 4.59. The van der Waals surface area contributed by atoms with Gasteiger partial charge in [-0.2, -0.15) is 8.42 Å². The van der Waals surface area contributed by atoms with Crippen LogP contribution in [0.5, 0.6) is 0 Å². The summed E-state index contributed by atoms with van der Waals surface area (Å²) in [5.41, 5.74) is 0. The molecule has 0 radical (unpaired) electrons. The first kappa shape index (κ1) is 13.0. The number of hydrogen-bond acceptors (Lipinski definition) is 3. The Balaban J connectivity index is 0. The predicted molar refractivity (Wildman–Crippen MR) is 41.8 cm³/mol. The molecule has 0 unspecified atom stereocenters. The maximum absolute atomic E-state index is 10.1. The molecule has 0 aliphatic rings. The van der Waals surface area contributed by atoms with Gasteiger partial charge in [0.15, 0.2) is 0 Å². The van der Waals surface area contributed by atoms with Crippen LogP contribution in [-0.4, -0.2) is 44.1 Å². The summed E-state index contributed by atoms with van der Waals surface area (Å²) in [5, 5.41) is 0. The Labute approximate surface area is 66.8 Å². The van der Waals surface area contributed by atoms with Gasteiger partial charge in [-0.25, -0.2) is 0 Å². The van der Waals surface area contributed by atoms with Crippen molar-refractivity contribution in [1.29, 1.82) is 0 Å². The predicted octanol–water partition coefficient (Wildman–Crippen LogP) is -0.401. The number of nitrogens with zero attached hydrogens (tertiary/aromatic N) is 1. The van der Waals surface area contributed by atoms with Gasteiger partial charge < -0.3 is 4.90 Å². The fourth-order valence-electron chi connectivity index (χ4n) is 0. The summed E-state index contributed by atoms with van der Waals surface area (Å²) in [7, 11) is -0.218. The molecule has 0 rings (SSSR count). The number of carbonyl (C=O) groups excluding carboxylic acids is 1. The minimum Gasteiger partial charge on any atom is -0.349 e. The highest BCUT2D eigenvalue weighted by atomic mass is 32.2. The average Bonchev–Trinajstić information content (AvgIpc) is 1.59. The molecule has 0 aliphatic carbocycles. The fourth-order valence-corrected chi connectivity index (χ4v) is 0. The molecule has 0 aliphatic heterocycles. The topological polar surface area (TPSA) is 74.7 Å². The summed E-state index contributed by atoms with van der Waals surface area (Å²) in [6.45, 7) is 1.53. The second kappa shape index (κ2) is 5.09. The van der Waals surface area contributed by atoms with Crippen molar-refractivity contribution in [3.63, 3.8) is 0 Å². The maximum Gasteiger partial charge on any atom is 0.261 e. The molecule has 6 heteroatoms. The third-order valence-corrected chi connectivity index (χ3v) is 0.630. The molecule has 5 nitrogen and oxygen atoms in total. The standard InChI is InChI=1S/C4H9NO.CH4O3S/c1-4(6)5(2)3;1-5(2,3)4/h1-3H3;1H3,(H,2,3,4). The number of carbonyl (C=O) groups is 1. The summed E-state index contributed by atoms with van der Waals surface area (Å²) in [6.07, 6.45) is 0.715. The van der Waals surface area contributed by atoms with Crippen LogP contribution in [0, 0.1) is 0 Å². The summed E-state index contributed by atoms with van der Waals surface area (Å²) in [5.74, 6) is 0.0926. The van der Waals surface area contributed by atoms with E-state index in [0.717, 1.165) is 0 Å². The van der Waals surface area contributed by atoms with Crippen molar-refractivity contribution in [1.82, 2.24) is 4.90 Å². The Morgan fingerprint density at radius 3 is 1.45 bits per heavy atom. The van der Waals surface area contributed by atoms with Gasteiger partial charge in [-0.15, -0.1) is 0 Å². The van der Waals surface area contributed by atoms with Crippen LogP contribution in [0.3, 0.4) is 0 Å². The van der Waals surface area contributed by atoms with Crippen LogP contribution in [0.2, 0.25) is 0 Å². The van der Waals surface area contributed by atoms with Crippen LogP contribution >= 0.6 is 0 Å². The number of hydrogen-bond donors (Lipinski definition) is 1. The van der Waals surface area contributed by atoms with Crippen molar-refractivity contribution in [3.8, 4) is 0 Å². The van der Waals surface area contributed by atoms with E-state index in [1.54, 1.807) is 14.1 Å². The van der Waals surface area contributed by atoms with E-state index in [1.807, 2.05) is 0 Å². The summed E-state index contributed by atoms with van der Waals surface area (Å²) in [4.78, 5) is 11.6. The van der Waals surface area contributed by atoms with Crippen LogP contribution in [0.25, 0.3) is 0 Å². The normalized spacial score (nSPS) is 9.55. The average molecular weight is 183 g/mol. The highest BCUT2D eigenvalue weighted by Crippen LogP contribution is 1.69. The van der Waals surface area contributed by atoms with Crippen molar-refractivity contribution in [2.45, 2.75) is 6.92 Å². The molecule has 1 amide bonds. The van der Waals surface area contributed by atoms with E-state index in [-0.39, 0.29) is 5.91 Å². The van der Waals surface area contributed by atoms with Crippen LogP contribution < -0.4 is 0 Å². The number of rotatable bonds is 0. The lowest BCUT2D eigenvalue weighted by Gasteiger charge is -2.02. The van der Waals surface area contributed by atoms with Gasteiger partial charge in [0.1, 0.15) is 0 Å². The minimum atomic E-state index is -3.67.